The summed E-state index contributed by atoms with van der Waals surface area (Å²) < 4.78 is 10.2. The zero-order valence-electron chi connectivity index (χ0n) is 11.9. The maximum atomic E-state index is 11.9. The van der Waals surface area contributed by atoms with Gasteiger partial charge in [0.1, 0.15) is 5.82 Å². The standard InChI is InChI=1S/C15H18N2O4/c1-20-15(19)13-11(10-6-7-21-8-10)4-5-12(16-13)17-14(18)9-2-3-9/h4-5,9-10H,2-3,6-8H2,1H3,(H,16,17,18). The van der Waals surface area contributed by atoms with Crippen LogP contribution in [0.15, 0.2) is 12.1 Å². The van der Waals surface area contributed by atoms with E-state index < -0.39 is 5.97 Å². The lowest BCUT2D eigenvalue weighted by Gasteiger charge is -2.13. The van der Waals surface area contributed by atoms with Gasteiger partial charge in [0.25, 0.3) is 0 Å². The molecule has 6 heteroatoms. The number of hydrogen-bond acceptors (Lipinski definition) is 5. The Kier molecular flexibility index (Phi) is 3.88. The Morgan fingerprint density at radius 3 is 2.76 bits per heavy atom. The first-order valence-electron chi connectivity index (χ1n) is 7.17. The Hall–Kier alpha value is -1.95. The van der Waals surface area contributed by atoms with Crippen LogP contribution in [0.2, 0.25) is 0 Å². The maximum absolute atomic E-state index is 11.9. The third-order valence-electron chi connectivity index (χ3n) is 3.87. The molecule has 0 aromatic carbocycles. The number of aromatic nitrogens is 1. The molecule has 112 valence electrons. The Labute approximate surface area is 122 Å². The highest BCUT2D eigenvalue weighted by molar-refractivity contribution is 5.94. The predicted octanol–water partition coefficient (Wildman–Crippen LogP) is 1.72. The second-order valence-electron chi connectivity index (χ2n) is 5.45. The summed E-state index contributed by atoms with van der Waals surface area (Å²) in [5, 5.41) is 2.75. The molecule has 1 N–H and O–H groups in total. The number of esters is 1. The predicted molar refractivity (Wildman–Crippen MR) is 75.1 cm³/mol. The summed E-state index contributed by atoms with van der Waals surface area (Å²) in [6.45, 7) is 1.27. The lowest BCUT2D eigenvalue weighted by Crippen LogP contribution is -2.18. The van der Waals surface area contributed by atoms with Gasteiger partial charge in [0, 0.05) is 18.4 Å². The third-order valence-corrected chi connectivity index (χ3v) is 3.87. The molecule has 1 atom stereocenters. The van der Waals surface area contributed by atoms with Gasteiger partial charge in [0.05, 0.1) is 13.7 Å². The van der Waals surface area contributed by atoms with E-state index in [2.05, 4.69) is 10.3 Å². The molecule has 0 radical (unpaired) electrons. The number of anilines is 1. The number of carbonyl (C=O) groups is 2. The van der Waals surface area contributed by atoms with Gasteiger partial charge < -0.3 is 14.8 Å². The van der Waals surface area contributed by atoms with Crippen molar-refractivity contribution in [1.82, 2.24) is 4.98 Å². The zero-order chi connectivity index (χ0) is 14.8. The molecule has 1 unspecified atom stereocenters. The molecule has 2 fully saturated rings. The number of pyridine rings is 1. The summed E-state index contributed by atoms with van der Waals surface area (Å²) >= 11 is 0. The van der Waals surface area contributed by atoms with Crippen LogP contribution in [0.1, 0.15) is 41.2 Å². The van der Waals surface area contributed by atoms with E-state index in [0.29, 0.717) is 19.0 Å². The van der Waals surface area contributed by atoms with Crippen LogP contribution in [0.5, 0.6) is 0 Å². The summed E-state index contributed by atoms with van der Waals surface area (Å²) in [6, 6.07) is 3.57. The zero-order valence-corrected chi connectivity index (χ0v) is 11.9. The molecular weight excluding hydrogens is 272 g/mol. The number of nitrogens with zero attached hydrogens (tertiary/aromatic N) is 1. The summed E-state index contributed by atoms with van der Waals surface area (Å²) in [5.41, 5.74) is 1.09. The molecule has 1 saturated heterocycles. The first-order valence-corrected chi connectivity index (χ1v) is 7.17. The molecule has 1 aromatic rings. The lowest BCUT2D eigenvalue weighted by atomic mass is 9.97. The van der Waals surface area contributed by atoms with Crippen molar-refractivity contribution < 1.29 is 19.1 Å². The molecule has 2 aliphatic rings. The number of methoxy groups -OCH3 is 1. The Balaban J connectivity index is 1.86. The van der Waals surface area contributed by atoms with Gasteiger partial charge in [-0.3, -0.25) is 4.79 Å². The van der Waals surface area contributed by atoms with E-state index in [4.69, 9.17) is 9.47 Å². The Morgan fingerprint density at radius 1 is 1.33 bits per heavy atom. The summed E-state index contributed by atoms with van der Waals surface area (Å²) in [4.78, 5) is 28.0. The Morgan fingerprint density at radius 2 is 2.14 bits per heavy atom. The monoisotopic (exact) mass is 290 g/mol. The van der Waals surface area contributed by atoms with E-state index in [1.807, 2.05) is 6.07 Å². The van der Waals surface area contributed by atoms with E-state index in [0.717, 1.165) is 24.8 Å². The van der Waals surface area contributed by atoms with Crippen LogP contribution in [0, 0.1) is 5.92 Å². The van der Waals surface area contributed by atoms with Gasteiger partial charge in [-0.05, 0) is 30.9 Å². The highest BCUT2D eigenvalue weighted by Gasteiger charge is 2.30. The highest BCUT2D eigenvalue weighted by atomic mass is 16.5. The lowest BCUT2D eigenvalue weighted by molar-refractivity contribution is -0.117. The SMILES string of the molecule is COC(=O)c1nc(NC(=O)C2CC2)ccc1C1CCOC1. The topological polar surface area (TPSA) is 77.5 Å². The van der Waals surface area contributed by atoms with Crippen LogP contribution in [-0.2, 0) is 14.3 Å². The van der Waals surface area contributed by atoms with Crippen molar-refractivity contribution in [3.63, 3.8) is 0 Å². The molecular formula is C15H18N2O4. The summed E-state index contributed by atoms with van der Waals surface area (Å²) in [5.74, 6) is 0.126. The van der Waals surface area contributed by atoms with Crippen LogP contribution in [0.4, 0.5) is 5.82 Å². The van der Waals surface area contributed by atoms with Gasteiger partial charge >= 0.3 is 5.97 Å². The van der Waals surface area contributed by atoms with Crippen molar-refractivity contribution in [2.75, 3.05) is 25.6 Å². The molecule has 1 aliphatic heterocycles. The van der Waals surface area contributed by atoms with Crippen molar-refractivity contribution in [2.45, 2.75) is 25.2 Å². The first-order chi connectivity index (χ1) is 10.2. The number of carbonyl (C=O) groups excluding carboxylic acids is 2. The van der Waals surface area contributed by atoms with E-state index in [1.165, 1.54) is 7.11 Å². The fourth-order valence-electron chi connectivity index (χ4n) is 2.48. The number of hydrogen-bond donors (Lipinski definition) is 1. The van der Waals surface area contributed by atoms with Crippen molar-refractivity contribution in [2.24, 2.45) is 5.92 Å². The molecule has 0 spiro atoms. The molecule has 2 heterocycles. The van der Waals surface area contributed by atoms with Crippen LogP contribution in [0.25, 0.3) is 0 Å². The second-order valence-corrected chi connectivity index (χ2v) is 5.45. The Bertz CT molecular complexity index is 563. The average Bonchev–Trinajstić information content (AvgIpc) is 3.22. The third kappa shape index (κ3) is 3.05. The molecule has 0 bridgehead atoms. The average molecular weight is 290 g/mol. The normalized spacial score (nSPS) is 21.1. The second kappa shape index (κ2) is 5.81. The summed E-state index contributed by atoms with van der Waals surface area (Å²) in [7, 11) is 1.33. The number of nitrogens with one attached hydrogen (secondary N) is 1. The van der Waals surface area contributed by atoms with Crippen molar-refractivity contribution in [3.8, 4) is 0 Å². The van der Waals surface area contributed by atoms with Crippen LogP contribution >= 0.6 is 0 Å². The molecule has 1 saturated carbocycles. The molecule has 1 aromatic heterocycles. The van der Waals surface area contributed by atoms with Gasteiger partial charge in [-0.25, -0.2) is 9.78 Å². The van der Waals surface area contributed by atoms with E-state index in [9.17, 15) is 9.59 Å². The van der Waals surface area contributed by atoms with Gasteiger partial charge in [-0.2, -0.15) is 0 Å². The quantitative estimate of drug-likeness (QED) is 0.854. The summed E-state index contributed by atoms with van der Waals surface area (Å²) in [6.07, 6.45) is 2.71. The largest absolute Gasteiger partial charge is 0.464 e. The fourth-order valence-corrected chi connectivity index (χ4v) is 2.48. The molecule has 21 heavy (non-hydrogen) atoms. The van der Waals surface area contributed by atoms with E-state index >= 15 is 0 Å². The minimum Gasteiger partial charge on any atom is -0.464 e. The molecule has 3 rings (SSSR count). The molecule has 6 nitrogen and oxygen atoms in total. The van der Waals surface area contributed by atoms with Crippen molar-refractivity contribution in [3.05, 3.63) is 23.4 Å². The fraction of sp³-hybridized carbons (Fsp3) is 0.533. The highest BCUT2D eigenvalue weighted by Crippen LogP contribution is 2.31. The number of amides is 1. The maximum Gasteiger partial charge on any atom is 0.357 e. The smallest absolute Gasteiger partial charge is 0.357 e. The van der Waals surface area contributed by atoms with Gasteiger partial charge in [-0.1, -0.05) is 6.07 Å². The molecule has 1 aliphatic carbocycles. The van der Waals surface area contributed by atoms with Gasteiger partial charge in [0.2, 0.25) is 5.91 Å². The van der Waals surface area contributed by atoms with Gasteiger partial charge in [-0.15, -0.1) is 0 Å². The van der Waals surface area contributed by atoms with Crippen molar-refractivity contribution >= 4 is 17.7 Å². The van der Waals surface area contributed by atoms with E-state index in [1.54, 1.807) is 6.07 Å². The minimum atomic E-state index is -0.487. The van der Waals surface area contributed by atoms with Crippen LogP contribution < -0.4 is 5.32 Å². The van der Waals surface area contributed by atoms with E-state index in [-0.39, 0.29) is 23.4 Å². The van der Waals surface area contributed by atoms with Gasteiger partial charge in [0.15, 0.2) is 5.69 Å². The minimum absolute atomic E-state index is 0.0322. The number of ether oxygens (including phenoxy) is 2. The first kappa shape index (κ1) is 14.0. The molecule has 1 amide bonds. The van der Waals surface area contributed by atoms with Crippen LogP contribution in [-0.4, -0.2) is 37.2 Å². The number of rotatable bonds is 4. The van der Waals surface area contributed by atoms with Crippen molar-refractivity contribution in [1.29, 1.82) is 0 Å². The van der Waals surface area contributed by atoms with Crippen LogP contribution in [0.3, 0.4) is 0 Å².